The van der Waals surface area contributed by atoms with Gasteiger partial charge in [-0.1, -0.05) is 11.8 Å². The lowest BCUT2D eigenvalue weighted by Crippen LogP contribution is -2.27. The second kappa shape index (κ2) is 5.51. The standard InChI is InChI=1S/C13H15N3OS/c1-9(17)8-18-13-10(6-14)5-11-7-16(2)4-3-12(11)15-13/h5H,3-4,7-8H2,1-2H3. The molecule has 1 aromatic rings. The van der Waals surface area contributed by atoms with Gasteiger partial charge in [0.05, 0.1) is 11.3 Å². The number of carbonyl (C=O) groups excluding carboxylic acids is 1. The molecule has 0 saturated carbocycles. The summed E-state index contributed by atoms with van der Waals surface area (Å²) in [5.41, 5.74) is 2.78. The van der Waals surface area contributed by atoms with Crippen molar-refractivity contribution in [3.8, 4) is 6.07 Å². The van der Waals surface area contributed by atoms with Gasteiger partial charge in [0.15, 0.2) is 0 Å². The molecule has 2 rings (SSSR count). The molecule has 1 aromatic heterocycles. The number of ketones is 1. The van der Waals surface area contributed by atoms with E-state index in [1.54, 1.807) is 6.92 Å². The van der Waals surface area contributed by atoms with Gasteiger partial charge in [-0.2, -0.15) is 5.26 Å². The van der Waals surface area contributed by atoms with Crippen molar-refractivity contribution >= 4 is 17.5 Å². The Balaban J connectivity index is 2.30. The van der Waals surface area contributed by atoms with Gasteiger partial charge in [-0.15, -0.1) is 0 Å². The van der Waals surface area contributed by atoms with E-state index in [1.165, 1.54) is 11.8 Å². The van der Waals surface area contributed by atoms with E-state index in [9.17, 15) is 4.79 Å². The molecule has 0 saturated heterocycles. The monoisotopic (exact) mass is 261 g/mol. The maximum absolute atomic E-state index is 11.0. The van der Waals surface area contributed by atoms with Crippen molar-refractivity contribution in [2.45, 2.75) is 24.9 Å². The minimum absolute atomic E-state index is 0.100. The first-order valence-corrected chi connectivity index (χ1v) is 6.82. The molecule has 5 heteroatoms. The van der Waals surface area contributed by atoms with Crippen molar-refractivity contribution < 1.29 is 4.79 Å². The van der Waals surface area contributed by atoms with Gasteiger partial charge in [-0.3, -0.25) is 4.79 Å². The average Bonchev–Trinajstić information content (AvgIpc) is 2.35. The zero-order chi connectivity index (χ0) is 13.1. The maximum Gasteiger partial charge on any atom is 0.140 e. The number of rotatable bonds is 3. The molecule has 0 unspecified atom stereocenters. The molecule has 18 heavy (non-hydrogen) atoms. The van der Waals surface area contributed by atoms with E-state index in [-0.39, 0.29) is 5.78 Å². The number of carbonyl (C=O) groups is 1. The normalized spacial score (nSPS) is 14.9. The molecular formula is C13H15N3OS. The highest BCUT2D eigenvalue weighted by molar-refractivity contribution is 8.00. The Bertz CT molecular complexity index is 522. The third kappa shape index (κ3) is 2.89. The number of nitriles is 1. The van der Waals surface area contributed by atoms with Crippen molar-refractivity contribution in [1.29, 1.82) is 5.26 Å². The minimum atomic E-state index is 0.100. The summed E-state index contributed by atoms with van der Waals surface area (Å²) in [7, 11) is 2.06. The van der Waals surface area contributed by atoms with Gasteiger partial charge >= 0.3 is 0 Å². The lowest BCUT2D eigenvalue weighted by Gasteiger charge is -2.24. The second-order valence-corrected chi connectivity index (χ2v) is 5.50. The first-order valence-electron chi connectivity index (χ1n) is 5.84. The van der Waals surface area contributed by atoms with Crippen LogP contribution in [0.3, 0.4) is 0 Å². The van der Waals surface area contributed by atoms with Crippen LogP contribution in [0.1, 0.15) is 23.7 Å². The van der Waals surface area contributed by atoms with Gasteiger partial charge in [0.2, 0.25) is 0 Å². The topological polar surface area (TPSA) is 57.0 Å². The van der Waals surface area contributed by atoms with E-state index in [1.807, 2.05) is 6.07 Å². The quantitative estimate of drug-likeness (QED) is 0.774. The summed E-state index contributed by atoms with van der Waals surface area (Å²) in [5, 5.41) is 9.84. The molecule has 4 nitrogen and oxygen atoms in total. The van der Waals surface area contributed by atoms with Crippen LogP contribution in [-0.2, 0) is 17.8 Å². The number of pyridine rings is 1. The van der Waals surface area contributed by atoms with E-state index >= 15 is 0 Å². The largest absolute Gasteiger partial charge is 0.302 e. The van der Waals surface area contributed by atoms with Crippen molar-refractivity contribution in [3.05, 3.63) is 22.9 Å². The number of Topliss-reactive ketones (excluding diaryl/α,β-unsaturated/α-hetero) is 1. The van der Waals surface area contributed by atoms with E-state index in [0.717, 1.165) is 30.8 Å². The van der Waals surface area contributed by atoms with Gasteiger partial charge in [0, 0.05) is 25.2 Å². The molecular weight excluding hydrogens is 246 g/mol. The Morgan fingerprint density at radius 2 is 2.44 bits per heavy atom. The van der Waals surface area contributed by atoms with E-state index in [2.05, 4.69) is 23.0 Å². The van der Waals surface area contributed by atoms with Gasteiger partial charge < -0.3 is 4.90 Å². The maximum atomic E-state index is 11.0. The molecule has 0 atom stereocenters. The molecule has 2 heterocycles. The first-order chi connectivity index (χ1) is 8.60. The zero-order valence-electron chi connectivity index (χ0n) is 10.6. The number of hydrogen-bond donors (Lipinski definition) is 0. The summed E-state index contributed by atoms with van der Waals surface area (Å²) in [6.07, 6.45) is 0.908. The predicted octanol–water partition coefficient (Wildman–Crippen LogP) is 1.62. The first kappa shape index (κ1) is 13.1. The van der Waals surface area contributed by atoms with Crippen molar-refractivity contribution in [1.82, 2.24) is 9.88 Å². The van der Waals surface area contributed by atoms with Crippen molar-refractivity contribution in [2.24, 2.45) is 0 Å². The molecule has 0 spiro atoms. The van der Waals surface area contributed by atoms with Crippen LogP contribution in [0.5, 0.6) is 0 Å². The van der Waals surface area contributed by atoms with Crippen LogP contribution in [0.4, 0.5) is 0 Å². The van der Waals surface area contributed by atoms with Crippen LogP contribution in [0.15, 0.2) is 11.1 Å². The number of aromatic nitrogens is 1. The Hall–Kier alpha value is -1.38. The average molecular weight is 261 g/mol. The number of hydrogen-bond acceptors (Lipinski definition) is 5. The Morgan fingerprint density at radius 1 is 1.67 bits per heavy atom. The Kier molecular flexibility index (Phi) is 4.00. The lowest BCUT2D eigenvalue weighted by atomic mass is 10.0. The summed E-state index contributed by atoms with van der Waals surface area (Å²) >= 11 is 1.36. The fraction of sp³-hybridized carbons (Fsp3) is 0.462. The summed E-state index contributed by atoms with van der Waals surface area (Å²) in [4.78, 5) is 17.8. The number of thioether (sulfide) groups is 1. The van der Waals surface area contributed by atoms with E-state index in [4.69, 9.17) is 5.26 Å². The van der Waals surface area contributed by atoms with Crippen molar-refractivity contribution in [2.75, 3.05) is 19.3 Å². The van der Waals surface area contributed by atoms with Crippen LogP contribution < -0.4 is 0 Å². The molecule has 1 aliphatic heterocycles. The molecule has 0 aliphatic carbocycles. The number of nitrogens with zero attached hydrogens (tertiary/aromatic N) is 3. The fourth-order valence-electron chi connectivity index (χ4n) is 1.95. The highest BCUT2D eigenvalue weighted by Gasteiger charge is 2.18. The van der Waals surface area contributed by atoms with E-state index < -0.39 is 0 Å². The third-order valence-electron chi connectivity index (χ3n) is 2.86. The zero-order valence-corrected chi connectivity index (χ0v) is 11.4. The second-order valence-electron chi connectivity index (χ2n) is 4.54. The molecule has 0 fully saturated rings. The van der Waals surface area contributed by atoms with Crippen molar-refractivity contribution in [3.63, 3.8) is 0 Å². The van der Waals surface area contributed by atoms with Crippen LogP contribution in [-0.4, -0.2) is 35.0 Å². The SMILES string of the molecule is CC(=O)CSc1nc2c(cc1C#N)CN(C)CC2. The van der Waals surface area contributed by atoms with Gasteiger partial charge in [0.25, 0.3) is 0 Å². The number of likely N-dealkylation sites (N-methyl/N-ethyl adjacent to an activating group) is 1. The van der Waals surface area contributed by atoms with Crippen LogP contribution >= 0.6 is 11.8 Å². The highest BCUT2D eigenvalue weighted by Crippen LogP contribution is 2.25. The predicted molar refractivity (Wildman–Crippen MR) is 70.4 cm³/mol. The summed E-state index contributed by atoms with van der Waals surface area (Å²) in [6, 6.07) is 4.09. The van der Waals surface area contributed by atoms with Crippen LogP contribution in [0.25, 0.3) is 0 Å². The molecule has 0 aromatic carbocycles. The molecule has 0 radical (unpaired) electrons. The smallest absolute Gasteiger partial charge is 0.140 e. The summed E-state index contributed by atoms with van der Waals surface area (Å²) in [5.74, 6) is 0.475. The van der Waals surface area contributed by atoms with Crippen LogP contribution in [0.2, 0.25) is 0 Å². The van der Waals surface area contributed by atoms with Gasteiger partial charge in [0.1, 0.15) is 16.9 Å². The minimum Gasteiger partial charge on any atom is -0.302 e. The Labute approximate surface area is 111 Å². The molecule has 0 amide bonds. The Morgan fingerprint density at radius 3 is 3.11 bits per heavy atom. The molecule has 0 N–H and O–H groups in total. The lowest BCUT2D eigenvalue weighted by molar-refractivity contribution is -0.114. The summed E-state index contributed by atoms with van der Waals surface area (Å²) in [6.45, 7) is 3.38. The highest BCUT2D eigenvalue weighted by atomic mass is 32.2. The van der Waals surface area contributed by atoms with E-state index in [0.29, 0.717) is 16.3 Å². The molecule has 94 valence electrons. The van der Waals surface area contributed by atoms with Gasteiger partial charge in [-0.25, -0.2) is 4.98 Å². The fourth-order valence-corrected chi connectivity index (χ4v) is 2.73. The summed E-state index contributed by atoms with van der Waals surface area (Å²) < 4.78 is 0. The number of fused-ring (bicyclic) bond motifs is 1. The molecule has 0 bridgehead atoms. The molecule has 1 aliphatic rings. The van der Waals surface area contributed by atoms with Crippen LogP contribution in [0, 0.1) is 11.3 Å². The van der Waals surface area contributed by atoms with Gasteiger partial charge in [-0.05, 0) is 25.6 Å². The third-order valence-corrected chi connectivity index (χ3v) is 3.99.